The lowest BCUT2D eigenvalue weighted by Gasteiger charge is -2.40. The number of aliphatic hydroxyl groups is 5. The number of rotatable bonds is 50. The first-order valence-corrected chi connectivity index (χ1v) is 28.9. The fourth-order valence-corrected chi connectivity index (χ4v) is 9.51. The third-order valence-corrected chi connectivity index (χ3v) is 14.1. The number of unbranched alkanes of at least 4 members (excludes halogenated alkanes) is 40. The Hall–Kier alpha value is -1.07. The molecule has 9 heteroatoms. The lowest BCUT2D eigenvalue weighted by atomic mass is 9.99. The van der Waals surface area contributed by atoms with Gasteiger partial charge in [0.1, 0.15) is 24.4 Å². The Kier molecular flexibility index (Phi) is 45.4. The van der Waals surface area contributed by atoms with Crippen LogP contribution in [0.1, 0.15) is 290 Å². The molecule has 0 radical (unpaired) electrons. The molecule has 1 aliphatic rings. The molecule has 7 atom stereocenters. The van der Waals surface area contributed by atoms with Crippen LogP contribution in [0.25, 0.3) is 0 Å². The van der Waals surface area contributed by atoms with Crippen molar-refractivity contribution in [3.8, 4) is 0 Å². The zero-order valence-corrected chi connectivity index (χ0v) is 43.5. The minimum Gasteiger partial charge on any atom is -0.394 e. The zero-order chi connectivity index (χ0) is 48.0. The number of carbonyl (C=O) groups excluding carboxylic acids is 1. The molecule has 0 aromatic rings. The maximum Gasteiger partial charge on any atom is 0.220 e. The van der Waals surface area contributed by atoms with Gasteiger partial charge in [0.2, 0.25) is 5.91 Å². The third-order valence-electron chi connectivity index (χ3n) is 14.1. The number of amides is 1. The van der Waals surface area contributed by atoms with E-state index in [1.807, 2.05) is 6.08 Å². The molecule has 0 aromatic carbocycles. The van der Waals surface area contributed by atoms with E-state index in [2.05, 4.69) is 19.2 Å². The summed E-state index contributed by atoms with van der Waals surface area (Å²) in [5, 5.41) is 54.5. The Bertz CT molecular complexity index is 1040. The molecule has 1 aliphatic heterocycles. The third kappa shape index (κ3) is 36.9. The van der Waals surface area contributed by atoms with Crippen LogP contribution in [0.15, 0.2) is 12.2 Å². The van der Waals surface area contributed by atoms with Crippen LogP contribution >= 0.6 is 0 Å². The average Bonchev–Trinajstić information content (AvgIpc) is 3.32. The average molecular weight is 939 g/mol. The van der Waals surface area contributed by atoms with E-state index < -0.39 is 49.5 Å². The van der Waals surface area contributed by atoms with E-state index in [4.69, 9.17) is 9.47 Å². The molecule has 1 saturated heterocycles. The molecular formula is C57H111NO8. The lowest BCUT2D eigenvalue weighted by molar-refractivity contribution is -0.302. The first-order valence-electron chi connectivity index (χ1n) is 28.9. The number of ether oxygens (including phenoxy) is 2. The van der Waals surface area contributed by atoms with Gasteiger partial charge in [-0.1, -0.05) is 276 Å². The lowest BCUT2D eigenvalue weighted by Crippen LogP contribution is -2.60. The number of allylic oxidation sites excluding steroid dienone is 1. The van der Waals surface area contributed by atoms with E-state index in [1.54, 1.807) is 6.08 Å². The van der Waals surface area contributed by atoms with Crippen LogP contribution in [0.3, 0.4) is 0 Å². The maximum absolute atomic E-state index is 13.0. The van der Waals surface area contributed by atoms with Gasteiger partial charge in [-0.25, -0.2) is 0 Å². The molecule has 7 unspecified atom stereocenters. The smallest absolute Gasteiger partial charge is 0.220 e. The maximum atomic E-state index is 13.0. The van der Waals surface area contributed by atoms with Gasteiger partial charge in [-0.3, -0.25) is 4.79 Å². The Morgan fingerprint density at radius 1 is 0.500 bits per heavy atom. The summed E-state index contributed by atoms with van der Waals surface area (Å²) in [6, 6.07) is -0.800. The van der Waals surface area contributed by atoms with E-state index in [1.165, 1.54) is 231 Å². The normalized spacial score (nSPS) is 19.8. The highest BCUT2D eigenvalue weighted by Crippen LogP contribution is 2.23. The second kappa shape index (κ2) is 47.6. The second-order valence-electron chi connectivity index (χ2n) is 20.5. The van der Waals surface area contributed by atoms with Crippen molar-refractivity contribution in [3.05, 3.63) is 12.2 Å². The zero-order valence-electron chi connectivity index (χ0n) is 43.5. The van der Waals surface area contributed by atoms with Gasteiger partial charge in [0.05, 0.1) is 25.4 Å². The Balaban J connectivity index is 2.22. The highest BCUT2D eigenvalue weighted by atomic mass is 16.7. The van der Waals surface area contributed by atoms with E-state index >= 15 is 0 Å². The van der Waals surface area contributed by atoms with Crippen LogP contribution in [0.2, 0.25) is 0 Å². The van der Waals surface area contributed by atoms with Gasteiger partial charge in [-0.05, 0) is 19.3 Å². The van der Waals surface area contributed by atoms with Gasteiger partial charge in [0.15, 0.2) is 6.29 Å². The first-order chi connectivity index (χ1) is 32.3. The predicted octanol–water partition coefficient (Wildman–Crippen LogP) is 14.0. The van der Waals surface area contributed by atoms with E-state index in [0.29, 0.717) is 6.42 Å². The fraction of sp³-hybridized carbons (Fsp3) is 0.947. The van der Waals surface area contributed by atoms with E-state index in [9.17, 15) is 30.3 Å². The van der Waals surface area contributed by atoms with Crippen LogP contribution < -0.4 is 5.32 Å². The fourth-order valence-electron chi connectivity index (χ4n) is 9.51. The number of hydrogen-bond donors (Lipinski definition) is 6. The number of aliphatic hydroxyl groups excluding tert-OH is 5. The molecule has 0 saturated carbocycles. The van der Waals surface area contributed by atoms with Gasteiger partial charge in [-0.15, -0.1) is 0 Å². The molecule has 1 rings (SSSR count). The van der Waals surface area contributed by atoms with E-state index in [-0.39, 0.29) is 12.5 Å². The van der Waals surface area contributed by atoms with Crippen LogP contribution in [0.4, 0.5) is 0 Å². The summed E-state index contributed by atoms with van der Waals surface area (Å²) in [6.07, 6.45) is 51.3. The first kappa shape index (κ1) is 62.9. The summed E-state index contributed by atoms with van der Waals surface area (Å²) >= 11 is 0. The van der Waals surface area contributed by atoms with Crippen LogP contribution in [-0.2, 0) is 14.3 Å². The molecule has 392 valence electrons. The molecule has 9 nitrogen and oxygen atoms in total. The number of hydrogen-bond acceptors (Lipinski definition) is 8. The molecule has 0 aliphatic carbocycles. The Labute approximate surface area is 407 Å². The van der Waals surface area contributed by atoms with Crippen molar-refractivity contribution in [2.24, 2.45) is 0 Å². The topological polar surface area (TPSA) is 149 Å². The predicted molar refractivity (Wildman–Crippen MR) is 277 cm³/mol. The van der Waals surface area contributed by atoms with Gasteiger partial charge in [-0.2, -0.15) is 0 Å². The van der Waals surface area contributed by atoms with Crippen molar-refractivity contribution in [2.45, 2.75) is 333 Å². The monoisotopic (exact) mass is 938 g/mol. The highest BCUT2D eigenvalue weighted by molar-refractivity contribution is 5.76. The molecule has 1 fully saturated rings. The summed E-state index contributed by atoms with van der Waals surface area (Å²) in [5.74, 6) is -0.170. The Morgan fingerprint density at radius 2 is 0.833 bits per heavy atom. The van der Waals surface area contributed by atoms with Crippen molar-refractivity contribution < 1.29 is 39.8 Å². The molecule has 0 bridgehead atoms. The van der Waals surface area contributed by atoms with Gasteiger partial charge >= 0.3 is 0 Å². The van der Waals surface area contributed by atoms with Crippen molar-refractivity contribution in [3.63, 3.8) is 0 Å². The molecule has 66 heavy (non-hydrogen) atoms. The van der Waals surface area contributed by atoms with Crippen molar-refractivity contribution in [1.29, 1.82) is 0 Å². The van der Waals surface area contributed by atoms with Crippen molar-refractivity contribution in [2.75, 3.05) is 13.2 Å². The minimum atomic E-state index is -1.56. The summed E-state index contributed by atoms with van der Waals surface area (Å²) < 4.78 is 11.3. The summed E-state index contributed by atoms with van der Waals surface area (Å²) in [4.78, 5) is 13.0. The largest absolute Gasteiger partial charge is 0.394 e. The molecule has 1 heterocycles. The molecule has 6 N–H and O–H groups in total. The van der Waals surface area contributed by atoms with Crippen LogP contribution in [0.5, 0.6) is 0 Å². The summed E-state index contributed by atoms with van der Waals surface area (Å²) in [7, 11) is 0. The quantitative estimate of drug-likeness (QED) is 0.0261. The number of nitrogens with one attached hydrogen (secondary N) is 1. The highest BCUT2D eigenvalue weighted by Gasteiger charge is 2.44. The molecule has 1 amide bonds. The summed E-state index contributed by atoms with van der Waals surface area (Å²) in [5.41, 5.74) is 0. The van der Waals surface area contributed by atoms with Gasteiger partial charge in [0.25, 0.3) is 0 Å². The molecule has 0 aromatic heterocycles. The Morgan fingerprint density at radius 3 is 1.18 bits per heavy atom. The van der Waals surface area contributed by atoms with Gasteiger partial charge in [0, 0.05) is 6.42 Å². The molecule has 0 spiro atoms. The van der Waals surface area contributed by atoms with Crippen molar-refractivity contribution in [1.82, 2.24) is 5.32 Å². The standard InChI is InChI=1S/C57H111NO8/c1-3-5-7-9-11-13-15-17-19-21-23-24-25-26-27-29-30-32-34-36-38-40-42-44-46-51(60)50(49-65-57-56(64)55(63)54(62)52(48-59)66-57)58-53(61)47-45-43-41-39-37-35-33-31-28-22-20-18-16-14-12-10-8-6-4-2/h44,46,50-52,54-57,59-60,62-64H,3-43,45,47-49H2,1-2H3,(H,58,61)/b46-44+. The van der Waals surface area contributed by atoms with Crippen LogP contribution in [-0.4, -0.2) is 87.5 Å². The second-order valence-corrected chi connectivity index (χ2v) is 20.5. The SMILES string of the molecule is CCCCCCCCCCCCCCCCCCCCCCCC/C=C/C(O)C(COC1OC(CO)C(O)C(O)C1O)NC(=O)CCCCCCCCCCCCCCCCCCCCC. The molecular weight excluding hydrogens is 827 g/mol. The number of carbonyl (C=O) groups is 1. The van der Waals surface area contributed by atoms with Crippen molar-refractivity contribution >= 4 is 5.91 Å². The van der Waals surface area contributed by atoms with Gasteiger partial charge < -0.3 is 40.3 Å². The summed E-state index contributed by atoms with van der Waals surface area (Å²) in [6.45, 7) is 3.82. The van der Waals surface area contributed by atoms with E-state index in [0.717, 1.165) is 38.5 Å². The minimum absolute atomic E-state index is 0.170. The van der Waals surface area contributed by atoms with Crippen LogP contribution in [0, 0.1) is 0 Å².